The number of nitrogens with zero attached hydrogens (tertiary/aromatic N) is 1. The van der Waals surface area contributed by atoms with Crippen LogP contribution in [0.15, 0.2) is 43.0 Å². The summed E-state index contributed by atoms with van der Waals surface area (Å²) in [6.45, 7) is 9.53. The fourth-order valence-electron chi connectivity index (χ4n) is 4.03. The molecule has 0 radical (unpaired) electrons. The normalized spacial score (nSPS) is 34.5. The summed E-state index contributed by atoms with van der Waals surface area (Å²) in [6, 6.07) is 10.7. The maximum absolute atomic E-state index is 6.22. The van der Waals surface area contributed by atoms with Crippen LogP contribution in [0.5, 0.6) is 0 Å². The average molecular weight is 271 g/mol. The van der Waals surface area contributed by atoms with Gasteiger partial charge in [-0.25, -0.2) is 0 Å². The van der Waals surface area contributed by atoms with E-state index >= 15 is 0 Å². The summed E-state index contributed by atoms with van der Waals surface area (Å²) in [5.74, 6) is 0. The summed E-state index contributed by atoms with van der Waals surface area (Å²) in [5, 5.41) is 0. The van der Waals surface area contributed by atoms with E-state index in [0.29, 0.717) is 11.5 Å². The van der Waals surface area contributed by atoms with Crippen LogP contribution < -0.4 is 0 Å². The predicted molar refractivity (Wildman–Crippen MR) is 82.7 cm³/mol. The summed E-state index contributed by atoms with van der Waals surface area (Å²) >= 11 is 0. The van der Waals surface area contributed by atoms with Crippen LogP contribution in [-0.2, 0) is 4.74 Å². The van der Waals surface area contributed by atoms with E-state index in [9.17, 15) is 0 Å². The Kier molecular flexibility index (Phi) is 3.95. The summed E-state index contributed by atoms with van der Waals surface area (Å²) in [5.41, 5.74) is 1.78. The van der Waals surface area contributed by atoms with Crippen LogP contribution in [0, 0.1) is 5.41 Å². The smallest absolute Gasteiger partial charge is 0.0834 e. The number of likely N-dealkylation sites (tertiary alicyclic amines) is 1. The Labute approximate surface area is 122 Å². The van der Waals surface area contributed by atoms with Crippen molar-refractivity contribution in [3.8, 4) is 0 Å². The van der Waals surface area contributed by atoms with Crippen molar-refractivity contribution < 1.29 is 4.74 Å². The maximum atomic E-state index is 6.22. The SMILES string of the molecule is C=CCN1CC[C@@]2(C[C@@H](c3ccccc3)O[C@@H](C)C2)C1. The number of rotatable bonds is 3. The molecule has 0 unspecified atom stereocenters. The van der Waals surface area contributed by atoms with Crippen LogP contribution in [0.3, 0.4) is 0 Å². The van der Waals surface area contributed by atoms with Crippen molar-refractivity contribution in [1.82, 2.24) is 4.90 Å². The second-order valence-electron chi connectivity index (χ2n) is 6.53. The van der Waals surface area contributed by atoms with Gasteiger partial charge in [0.15, 0.2) is 0 Å². The Morgan fingerprint density at radius 2 is 2.15 bits per heavy atom. The molecule has 2 saturated heterocycles. The molecule has 0 bridgehead atoms. The van der Waals surface area contributed by atoms with Crippen molar-refractivity contribution in [2.24, 2.45) is 5.41 Å². The molecule has 3 atom stereocenters. The quantitative estimate of drug-likeness (QED) is 0.775. The second-order valence-corrected chi connectivity index (χ2v) is 6.53. The zero-order valence-electron chi connectivity index (χ0n) is 12.4. The van der Waals surface area contributed by atoms with E-state index in [1.165, 1.54) is 31.5 Å². The molecular weight excluding hydrogens is 246 g/mol. The van der Waals surface area contributed by atoms with Gasteiger partial charge in [0.05, 0.1) is 12.2 Å². The first-order chi connectivity index (χ1) is 9.71. The van der Waals surface area contributed by atoms with Gasteiger partial charge in [0.25, 0.3) is 0 Å². The van der Waals surface area contributed by atoms with E-state index in [2.05, 4.69) is 48.7 Å². The van der Waals surface area contributed by atoms with Crippen molar-refractivity contribution >= 4 is 0 Å². The van der Waals surface area contributed by atoms with Crippen LogP contribution >= 0.6 is 0 Å². The molecule has 2 heteroatoms. The molecule has 0 aromatic heterocycles. The second kappa shape index (κ2) is 5.71. The van der Waals surface area contributed by atoms with E-state index in [1.807, 2.05) is 6.08 Å². The number of hydrogen-bond donors (Lipinski definition) is 0. The summed E-state index contributed by atoms with van der Waals surface area (Å²) in [7, 11) is 0. The van der Waals surface area contributed by atoms with Gasteiger partial charge in [0, 0.05) is 13.1 Å². The molecule has 0 N–H and O–H groups in total. The van der Waals surface area contributed by atoms with Gasteiger partial charge in [-0.15, -0.1) is 6.58 Å². The summed E-state index contributed by atoms with van der Waals surface area (Å²) < 4.78 is 6.22. The number of ether oxygens (including phenoxy) is 1. The Hall–Kier alpha value is -1.12. The third-order valence-electron chi connectivity index (χ3n) is 4.81. The topological polar surface area (TPSA) is 12.5 Å². The first-order valence-corrected chi connectivity index (χ1v) is 7.74. The van der Waals surface area contributed by atoms with Gasteiger partial charge in [-0.3, -0.25) is 4.90 Å². The highest BCUT2D eigenvalue weighted by molar-refractivity contribution is 5.19. The highest BCUT2D eigenvalue weighted by Gasteiger charge is 2.44. The monoisotopic (exact) mass is 271 g/mol. The van der Waals surface area contributed by atoms with Crippen molar-refractivity contribution in [2.45, 2.75) is 38.4 Å². The molecule has 0 saturated carbocycles. The fourth-order valence-corrected chi connectivity index (χ4v) is 4.03. The lowest BCUT2D eigenvalue weighted by atomic mass is 9.74. The van der Waals surface area contributed by atoms with Crippen molar-refractivity contribution in [2.75, 3.05) is 19.6 Å². The van der Waals surface area contributed by atoms with Crippen LogP contribution in [0.2, 0.25) is 0 Å². The van der Waals surface area contributed by atoms with Crippen LogP contribution in [0.4, 0.5) is 0 Å². The van der Waals surface area contributed by atoms with Crippen molar-refractivity contribution in [3.63, 3.8) is 0 Å². The lowest BCUT2D eigenvalue weighted by molar-refractivity contribution is -0.0944. The zero-order valence-corrected chi connectivity index (χ0v) is 12.4. The Bertz CT molecular complexity index is 458. The highest BCUT2D eigenvalue weighted by Crippen LogP contribution is 2.48. The zero-order chi connectivity index (χ0) is 14.0. The van der Waals surface area contributed by atoms with Gasteiger partial charge < -0.3 is 4.74 Å². The van der Waals surface area contributed by atoms with E-state index in [4.69, 9.17) is 4.74 Å². The molecule has 0 amide bonds. The first-order valence-electron chi connectivity index (χ1n) is 7.74. The standard InChI is InChI=1S/C18H25NO/c1-3-10-19-11-9-18(14-19)12-15(2)20-17(13-18)16-7-5-4-6-8-16/h3-8,15,17H,1,9-14H2,2H3/t15-,17-,18+/m0/s1. The summed E-state index contributed by atoms with van der Waals surface area (Å²) in [6.07, 6.45) is 6.31. The maximum Gasteiger partial charge on any atom is 0.0834 e. The molecule has 1 aromatic carbocycles. The minimum atomic E-state index is 0.267. The molecule has 2 aliphatic rings. The van der Waals surface area contributed by atoms with Crippen LogP contribution in [-0.4, -0.2) is 30.6 Å². The van der Waals surface area contributed by atoms with Crippen molar-refractivity contribution in [3.05, 3.63) is 48.6 Å². The van der Waals surface area contributed by atoms with Crippen LogP contribution in [0.25, 0.3) is 0 Å². The Morgan fingerprint density at radius 3 is 2.90 bits per heavy atom. The van der Waals surface area contributed by atoms with Gasteiger partial charge >= 0.3 is 0 Å². The van der Waals surface area contributed by atoms with E-state index in [-0.39, 0.29) is 6.10 Å². The van der Waals surface area contributed by atoms with Gasteiger partial charge in [0.2, 0.25) is 0 Å². The minimum absolute atomic E-state index is 0.267. The van der Waals surface area contributed by atoms with Gasteiger partial charge in [-0.2, -0.15) is 0 Å². The molecule has 1 aromatic rings. The average Bonchev–Trinajstić information content (AvgIpc) is 2.81. The van der Waals surface area contributed by atoms with E-state index < -0.39 is 0 Å². The predicted octanol–water partition coefficient (Wildman–Crippen LogP) is 3.80. The van der Waals surface area contributed by atoms with Crippen LogP contribution in [0.1, 0.15) is 37.9 Å². The number of benzene rings is 1. The molecule has 0 aliphatic carbocycles. The molecule has 1 spiro atoms. The third kappa shape index (κ3) is 2.82. The third-order valence-corrected chi connectivity index (χ3v) is 4.81. The molecular formula is C18H25NO. The molecule has 2 heterocycles. The van der Waals surface area contributed by atoms with Crippen molar-refractivity contribution in [1.29, 1.82) is 0 Å². The van der Waals surface area contributed by atoms with E-state index in [0.717, 1.165) is 13.0 Å². The number of hydrogen-bond acceptors (Lipinski definition) is 2. The highest BCUT2D eigenvalue weighted by atomic mass is 16.5. The largest absolute Gasteiger partial charge is 0.371 e. The fraction of sp³-hybridized carbons (Fsp3) is 0.556. The lowest BCUT2D eigenvalue weighted by Crippen LogP contribution is -2.38. The first kappa shape index (κ1) is 13.8. The Balaban J connectivity index is 1.75. The summed E-state index contributed by atoms with van der Waals surface area (Å²) in [4.78, 5) is 2.53. The lowest BCUT2D eigenvalue weighted by Gasteiger charge is -2.41. The molecule has 20 heavy (non-hydrogen) atoms. The van der Waals surface area contributed by atoms with Gasteiger partial charge in [-0.05, 0) is 43.7 Å². The molecule has 2 fully saturated rings. The molecule has 2 nitrogen and oxygen atoms in total. The van der Waals surface area contributed by atoms with E-state index in [1.54, 1.807) is 0 Å². The molecule has 108 valence electrons. The molecule has 2 aliphatic heterocycles. The van der Waals surface area contributed by atoms with Gasteiger partial charge in [-0.1, -0.05) is 36.4 Å². The van der Waals surface area contributed by atoms with Gasteiger partial charge in [0.1, 0.15) is 0 Å². The minimum Gasteiger partial charge on any atom is -0.371 e. The Morgan fingerprint density at radius 1 is 1.35 bits per heavy atom. The molecule has 3 rings (SSSR count).